The second-order valence-electron chi connectivity index (χ2n) is 10.8. The van der Waals surface area contributed by atoms with Crippen LogP contribution in [0.5, 0.6) is 0 Å². The molecular formula is C32H37N3O3S2. The van der Waals surface area contributed by atoms with E-state index in [4.69, 9.17) is 9.72 Å². The summed E-state index contributed by atoms with van der Waals surface area (Å²) >= 11 is 2.89. The molecule has 0 fully saturated rings. The highest BCUT2D eigenvalue weighted by Crippen LogP contribution is 2.36. The minimum Gasteiger partial charge on any atom is -0.372 e. The summed E-state index contributed by atoms with van der Waals surface area (Å²) in [5.41, 5.74) is 3.51. The third kappa shape index (κ3) is 6.85. The molecule has 1 aliphatic heterocycles. The van der Waals surface area contributed by atoms with Crippen molar-refractivity contribution < 1.29 is 9.53 Å². The van der Waals surface area contributed by atoms with Gasteiger partial charge in [0.2, 0.25) is 5.91 Å². The smallest absolute Gasteiger partial charge is 0.263 e. The molecule has 2 atom stereocenters. The Hall–Kier alpha value is -2.94. The summed E-state index contributed by atoms with van der Waals surface area (Å²) in [5, 5.41) is 4.44. The Bertz CT molecular complexity index is 1500. The van der Waals surface area contributed by atoms with Gasteiger partial charge in [-0.15, -0.1) is 11.3 Å². The molecule has 6 nitrogen and oxygen atoms in total. The van der Waals surface area contributed by atoms with Gasteiger partial charge in [0, 0.05) is 23.9 Å². The van der Waals surface area contributed by atoms with Crippen LogP contribution in [0, 0.1) is 5.92 Å². The van der Waals surface area contributed by atoms with Gasteiger partial charge in [0.1, 0.15) is 4.83 Å². The Morgan fingerprint density at radius 3 is 2.42 bits per heavy atom. The third-order valence-corrected chi connectivity index (χ3v) is 9.53. The van der Waals surface area contributed by atoms with Gasteiger partial charge in [-0.3, -0.25) is 14.2 Å². The zero-order valence-electron chi connectivity index (χ0n) is 23.4. The fraction of sp³-hybridized carbons (Fsp3) is 0.406. The lowest BCUT2D eigenvalue weighted by atomic mass is 9.96. The van der Waals surface area contributed by atoms with E-state index in [-0.39, 0.29) is 29.4 Å². The Balaban J connectivity index is 1.34. The number of thiophene rings is 1. The quantitative estimate of drug-likeness (QED) is 0.175. The van der Waals surface area contributed by atoms with E-state index in [0.29, 0.717) is 30.6 Å². The zero-order chi connectivity index (χ0) is 28.1. The summed E-state index contributed by atoms with van der Waals surface area (Å²) < 4.78 is 7.86. The number of rotatable bonds is 11. The van der Waals surface area contributed by atoms with Crippen LogP contribution in [0.15, 0.2) is 70.6 Å². The van der Waals surface area contributed by atoms with Crippen molar-refractivity contribution >= 4 is 39.2 Å². The molecule has 1 amide bonds. The minimum absolute atomic E-state index is 0.0121. The summed E-state index contributed by atoms with van der Waals surface area (Å²) in [6.07, 6.45) is 3.33. The molecule has 2 unspecified atom stereocenters. The molecule has 4 aromatic rings. The van der Waals surface area contributed by atoms with Crippen molar-refractivity contribution in [2.24, 2.45) is 5.92 Å². The van der Waals surface area contributed by atoms with Crippen LogP contribution in [0.3, 0.4) is 0 Å². The lowest BCUT2D eigenvalue weighted by Gasteiger charge is -2.26. The number of ether oxygens (including phenoxy) is 1. The summed E-state index contributed by atoms with van der Waals surface area (Å²) in [7, 11) is 0. The first-order chi connectivity index (χ1) is 19.4. The summed E-state index contributed by atoms with van der Waals surface area (Å²) in [4.78, 5) is 33.7. The van der Waals surface area contributed by atoms with E-state index in [1.165, 1.54) is 17.3 Å². The van der Waals surface area contributed by atoms with Crippen molar-refractivity contribution in [2.75, 3.05) is 5.75 Å². The van der Waals surface area contributed by atoms with Crippen molar-refractivity contribution in [3.63, 3.8) is 0 Å². The van der Waals surface area contributed by atoms with E-state index in [1.807, 2.05) is 43.3 Å². The van der Waals surface area contributed by atoms with Crippen molar-refractivity contribution in [1.82, 2.24) is 14.9 Å². The average Bonchev–Trinajstić information content (AvgIpc) is 3.33. The van der Waals surface area contributed by atoms with Crippen LogP contribution in [0.2, 0.25) is 0 Å². The van der Waals surface area contributed by atoms with Gasteiger partial charge in [0.25, 0.3) is 5.56 Å². The monoisotopic (exact) mass is 575 g/mol. The van der Waals surface area contributed by atoms with Crippen LogP contribution in [0.4, 0.5) is 0 Å². The van der Waals surface area contributed by atoms with Gasteiger partial charge in [-0.05, 0) is 48.8 Å². The maximum Gasteiger partial charge on any atom is 0.263 e. The highest BCUT2D eigenvalue weighted by atomic mass is 32.2. The van der Waals surface area contributed by atoms with E-state index >= 15 is 0 Å². The molecule has 0 saturated carbocycles. The molecule has 8 heteroatoms. The number of carbonyl (C=O) groups is 1. The van der Waals surface area contributed by atoms with Gasteiger partial charge < -0.3 is 10.1 Å². The van der Waals surface area contributed by atoms with Gasteiger partial charge in [0.15, 0.2) is 5.16 Å². The van der Waals surface area contributed by atoms with E-state index in [9.17, 15) is 9.59 Å². The number of aryl methyl sites for hydroxylation is 2. The Kier molecular flexibility index (Phi) is 9.40. The van der Waals surface area contributed by atoms with Crippen LogP contribution in [0.1, 0.15) is 48.8 Å². The molecule has 0 aliphatic carbocycles. The number of aromatic nitrogens is 2. The fourth-order valence-corrected chi connectivity index (χ4v) is 7.11. The molecule has 0 radical (unpaired) electrons. The molecule has 1 aliphatic rings. The summed E-state index contributed by atoms with van der Waals surface area (Å²) in [6, 6.07) is 20.5. The molecule has 0 saturated heterocycles. The topological polar surface area (TPSA) is 73.2 Å². The Morgan fingerprint density at radius 1 is 1.07 bits per heavy atom. The fourth-order valence-electron chi connectivity index (χ4n) is 5.11. The number of nitrogens with one attached hydrogen (secondary N) is 1. The number of hydrogen-bond donors (Lipinski definition) is 1. The molecule has 5 rings (SSSR count). The van der Waals surface area contributed by atoms with E-state index in [0.717, 1.165) is 45.5 Å². The van der Waals surface area contributed by atoms with Crippen LogP contribution < -0.4 is 10.9 Å². The van der Waals surface area contributed by atoms with Crippen molar-refractivity contribution in [1.29, 1.82) is 0 Å². The number of carbonyl (C=O) groups excluding carboxylic acids is 1. The Labute approximate surface area is 244 Å². The highest BCUT2D eigenvalue weighted by molar-refractivity contribution is 7.99. The number of amides is 1. The number of nitrogens with zero attached hydrogens (tertiary/aromatic N) is 2. The van der Waals surface area contributed by atoms with Crippen molar-refractivity contribution in [2.45, 2.75) is 76.9 Å². The van der Waals surface area contributed by atoms with Crippen LogP contribution in [0.25, 0.3) is 10.2 Å². The number of hydrogen-bond acceptors (Lipinski definition) is 6. The van der Waals surface area contributed by atoms with Gasteiger partial charge >= 0.3 is 0 Å². The first-order valence-electron chi connectivity index (χ1n) is 14.1. The molecule has 210 valence electrons. The van der Waals surface area contributed by atoms with Gasteiger partial charge in [-0.1, -0.05) is 86.3 Å². The predicted molar refractivity (Wildman–Crippen MR) is 164 cm³/mol. The van der Waals surface area contributed by atoms with Crippen molar-refractivity contribution in [3.05, 3.63) is 92.6 Å². The predicted octanol–water partition coefficient (Wildman–Crippen LogP) is 6.03. The van der Waals surface area contributed by atoms with Crippen LogP contribution in [-0.4, -0.2) is 33.4 Å². The lowest BCUT2D eigenvalue weighted by molar-refractivity contribution is -0.119. The highest BCUT2D eigenvalue weighted by Gasteiger charge is 2.28. The molecule has 2 aromatic carbocycles. The average molecular weight is 576 g/mol. The zero-order valence-corrected chi connectivity index (χ0v) is 25.0. The molecule has 40 heavy (non-hydrogen) atoms. The first kappa shape index (κ1) is 28.6. The van der Waals surface area contributed by atoms with Crippen LogP contribution in [-0.2, 0) is 41.9 Å². The van der Waals surface area contributed by atoms with Gasteiger partial charge in [-0.25, -0.2) is 4.98 Å². The Morgan fingerprint density at radius 2 is 1.75 bits per heavy atom. The molecule has 0 spiro atoms. The van der Waals surface area contributed by atoms with Gasteiger partial charge in [-0.2, -0.15) is 0 Å². The third-order valence-electron chi connectivity index (χ3n) is 7.45. The molecule has 3 heterocycles. The maximum absolute atomic E-state index is 14.0. The first-order valence-corrected chi connectivity index (χ1v) is 15.9. The SMILES string of the molecule is CC(CCc1ccccc1)NC(=O)CSc1nc2sc3c(c2c(=O)n1CCc1ccccc1)CC(C(C)C)OC3. The van der Waals surface area contributed by atoms with E-state index in [1.54, 1.807) is 15.9 Å². The van der Waals surface area contributed by atoms with E-state index < -0.39 is 0 Å². The van der Waals surface area contributed by atoms with Crippen LogP contribution >= 0.6 is 23.1 Å². The lowest BCUT2D eigenvalue weighted by Crippen LogP contribution is -2.34. The van der Waals surface area contributed by atoms with Gasteiger partial charge in [0.05, 0.1) is 23.8 Å². The molecule has 0 bridgehead atoms. The number of benzene rings is 2. The van der Waals surface area contributed by atoms with Crippen molar-refractivity contribution in [3.8, 4) is 0 Å². The second-order valence-corrected chi connectivity index (χ2v) is 12.9. The normalized spacial score (nSPS) is 15.8. The van der Waals surface area contributed by atoms with E-state index in [2.05, 4.69) is 43.4 Å². The molecular weight excluding hydrogens is 539 g/mol. The summed E-state index contributed by atoms with van der Waals surface area (Å²) in [6.45, 7) is 7.38. The maximum atomic E-state index is 14.0. The molecule has 1 N–H and O–H groups in total. The summed E-state index contributed by atoms with van der Waals surface area (Å²) in [5.74, 6) is 0.538. The minimum atomic E-state index is -0.0480. The number of thioether (sulfide) groups is 1. The second kappa shape index (κ2) is 13.1. The standard InChI is InChI=1S/C32H37N3O3S2/c1-21(2)26-18-25-27(19-38-26)40-30-29(25)31(37)35(17-16-24-12-8-5-9-13-24)32(34-30)39-20-28(36)33-22(3)14-15-23-10-6-4-7-11-23/h4-13,21-22,26H,14-20H2,1-3H3,(H,33,36). The number of fused-ring (bicyclic) bond motifs is 3. The molecule has 2 aromatic heterocycles. The largest absolute Gasteiger partial charge is 0.372 e.